The lowest BCUT2D eigenvalue weighted by atomic mass is 9.94. The molecular weight excluding hydrogens is 432 g/mol. The highest BCUT2D eigenvalue weighted by molar-refractivity contribution is 7.12. The second kappa shape index (κ2) is 9.51. The van der Waals surface area contributed by atoms with Crippen LogP contribution in [-0.2, 0) is 40.9 Å². The number of hydrogen-bond acceptors (Lipinski definition) is 6. The van der Waals surface area contributed by atoms with Gasteiger partial charge < -0.3 is 20.9 Å². The molecule has 3 N–H and O–H groups in total. The molecule has 1 unspecified atom stereocenters. The number of fused-ring (bicyclic) bond motifs is 1. The lowest BCUT2D eigenvalue weighted by Gasteiger charge is -2.32. The molecule has 11 heteroatoms. The van der Waals surface area contributed by atoms with E-state index in [-0.39, 0.29) is 49.1 Å². The van der Waals surface area contributed by atoms with Crippen LogP contribution in [0, 0.1) is 5.92 Å². The highest BCUT2D eigenvalue weighted by Crippen LogP contribution is 2.25. The van der Waals surface area contributed by atoms with Crippen LogP contribution in [0.15, 0.2) is 17.5 Å². The smallest absolute Gasteiger partial charge is 0.261 e. The summed E-state index contributed by atoms with van der Waals surface area (Å²) in [6.07, 6.45) is 1.56. The lowest BCUT2D eigenvalue weighted by molar-refractivity contribution is -0.140. The number of hydrogen-bond donors (Lipinski definition) is 3. The van der Waals surface area contributed by atoms with Crippen LogP contribution in [0.5, 0.6) is 0 Å². The number of aryl methyl sites for hydroxylation is 1. The van der Waals surface area contributed by atoms with Crippen LogP contribution in [0.3, 0.4) is 0 Å². The molecule has 32 heavy (non-hydrogen) atoms. The van der Waals surface area contributed by atoms with E-state index in [0.29, 0.717) is 43.0 Å². The van der Waals surface area contributed by atoms with E-state index in [1.54, 1.807) is 27.1 Å². The number of carbonyl (C=O) groups is 4. The van der Waals surface area contributed by atoms with Crippen molar-refractivity contribution >= 4 is 35.0 Å². The van der Waals surface area contributed by atoms with E-state index in [4.69, 9.17) is 0 Å². The van der Waals surface area contributed by atoms with Gasteiger partial charge in [-0.2, -0.15) is 5.10 Å². The fraction of sp³-hybridized carbons (Fsp3) is 0.476. The summed E-state index contributed by atoms with van der Waals surface area (Å²) >= 11 is 1.31. The molecule has 1 fully saturated rings. The Kier molecular flexibility index (Phi) is 6.54. The molecule has 2 aromatic rings. The predicted octanol–water partition coefficient (Wildman–Crippen LogP) is -0.0613. The molecule has 2 aromatic heterocycles. The van der Waals surface area contributed by atoms with Gasteiger partial charge in [0, 0.05) is 56.7 Å². The first-order valence-electron chi connectivity index (χ1n) is 10.6. The maximum atomic E-state index is 12.9. The summed E-state index contributed by atoms with van der Waals surface area (Å²) < 4.78 is 1.80. The molecule has 2 aliphatic rings. The third-order valence-corrected chi connectivity index (χ3v) is 6.71. The third-order valence-electron chi connectivity index (χ3n) is 5.84. The molecule has 0 radical (unpaired) electrons. The lowest BCUT2D eigenvalue weighted by Crippen LogP contribution is -2.45. The van der Waals surface area contributed by atoms with E-state index >= 15 is 0 Å². The van der Waals surface area contributed by atoms with E-state index in [2.05, 4.69) is 21.0 Å². The molecule has 0 bridgehead atoms. The Balaban J connectivity index is 1.34. The van der Waals surface area contributed by atoms with Gasteiger partial charge in [0.2, 0.25) is 17.7 Å². The van der Waals surface area contributed by atoms with Crippen LogP contribution in [0.4, 0.5) is 0 Å². The van der Waals surface area contributed by atoms with E-state index in [9.17, 15) is 19.2 Å². The van der Waals surface area contributed by atoms with E-state index in [1.165, 1.54) is 11.3 Å². The summed E-state index contributed by atoms with van der Waals surface area (Å²) in [4.78, 5) is 51.1. The molecule has 1 atom stereocenters. The van der Waals surface area contributed by atoms with Gasteiger partial charge in [0.1, 0.15) is 0 Å². The topological polar surface area (TPSA) is 125 Å². The maximum Gasteiger partial charge on any atom is 0.261 e. The van der Waals surface area contributed by atoms with E-state index < -0.39 is 0 Å². The minimum atomic E-state index is -0.314. The largest absolute Gasteiger partial charge is 0.356 e. The number of aromatic nitrogens is 2. The Morgan fingerprint density at radius 2 is 2.16 bits per heavy atom. The standard InChI is InChI=1S/C21H26N6O4S/c1-26-16-5-7-27(21(31)13-4-6-22-18(28)9-13)12-14(16)15(25-26)10-23-19(29)11-24-20(30)17-3-2-8-32-17/h2-3,8,13H,4-7,9-12H2,1H3,(H,22,28)(H,23,29)(H,24,30). The molecule has 10 nitrogen and oxygen atoms in total. The number of nitrogens with zero attached hydrogens (tertiary/aromatic N) is 3. The molecule has 4 rings (SSSR count). The zero-order valence-corrected chi connectivity index (χ0v) is 18.7. The van der Waals surface area contributed by atoms with Gasteiger partial charge in [-0.25, -0.2) is 0 Å². The number of nitrogens with one attached hydrogen (secondary N) is 3. The molecule has 0 saturated carbocycles. The summed E-state index contributed by atoms with van der Waals surface area (Å²) in [5, 5.41) is 14.5. The summed E-state index contributed by atoms with van der Waals surface area (Å²) in [6, 6.07) is 3.48. The fourth-order valence-electron chi connectivity index (χ4n) is 4.15. The Labute approximate surface area is 189 Å². The van der Waals surface area contributed by atoms with Crippen molar-refractivity contribution < 1.29 is 19.2 Å². The third kappa shape index (κ3) is 4.82. The molecule has 0 aliphatic carbocycles. The number of carbonyl (C=O) groups excluding carboxylic acids is 4. The van der Waals surface area contributed by atoms with Crippen molar-refractivity contribution in [3.63, 3.8) is 0 Å². The molecule has 2 aliphatic heterocycles. The number of rotatable bonds is 6. The zero-order chi connectivity index (χ0) is 22.7. The van der Waals surface area contributed by atoms with Crippen molar-refractivity contribution in [1.82, 2.24) is 30.6 Å². The van der Waals surface area contributed by atoms with Crippen molar-refractivity contribution in [3.05, 3.63) is 39.3 Å². The summed E-state index contributed by atoms with van der Waals surface area (Å²) in [5.41, 5.74) is 2.69. The van der Waals surface area contributed by atoms with Gasteiger partial charge in [-0.1, -0.05) is 6.07 Å². The van der Waals surface area contributed by atoms with E-state index in [0.717, 1.165) is 11.3 Å². The van der Waals surface area contributed by atoms with Gasteiger partial charge in [0.25, 0.3) is 5.91 Å². The van der Waals surface area contributed by atoms with Gasteiger partial charge in [0.15, 0.2) is 0 Å². The monoisotopic (exact) mass is 458 g/mol. The number of thiophene rings is 1. The molecule has 170 valence electrons. The van der Waals surface area contributed by atoms with Crippen molar-refractivity contribution in [1.29, 1.82) is 0 Å². The Morgan fingerprint density at radius 1 is 1.31 bits per heavy atom. The van der Waals surface area contributed by atoms with Crippen molar-refractivity contribution in [3.8, 4) is 0 Å². The van der Waals surface area contributed by atoms with Gasteiger partial charge in [0.05, 0.1) is 23.7 Å². The van der Waals surface area contributed by atoms with Gasteiger partial charge in [-0.15, -0.1) is 11.3 Å². The Bertz CT molecular complexity index is 1030. The first-order valence-corrected chi connectivity index (χ1v) is 11.5. The summed E-state index contributed by atoms with van der Waals surface area (Å²) in [7, 11) is 1.86. The molecule has 1 saturated heterocycles. The SMILES string of the molecule is Cn1nc(CNC(=O)CNC(=O)c2cccs2)c2c1CCN(C(=O)C1CCNC(=O)C1)C2. The van der Waals surface area contributed by atoms with Crippen molar-refractivity contribution in [2.24, 2.45) is 13.0 Å². The molecule has 4 heterocycles. The van der Waals surface area contributed by atoms with Crippen LogP contribution >= 0.6 is 11.3 Å². The predicted molar refractivity (Wildman–Crippen MR) is 117 cm³/mol. The van der Waals surface area contributed by atoms with Crippen LogP contribution in [0.1, 0.15) is 39.5 Å². The normalized spacial score (nSPS) is 18.0. The second-order valence-electron chi connectivity index (χ2n) is 7.98. The molecular formula is C21H26N6O4S. The minimum absolute atomic E-state index is 0.000582. The quantitative estimate of drug-likeness (QED) is 0.559. The average Bonchev–Trinajstić information content (AvgIpc) is 3.44. The summed E-state index contributed by atoms with van der Waals surface area (Å²) in [5.74, 6) is -0.955. The minimum Gasteiger partial charge on any atom is -0.356 e. The van der Waals surface area contributed by atoms with Crippen molar-refractivity contribution in [2.75, 3.05) is 19.6 Å². The first-order chi connectivity index (χ1) is 15.4. The van der Waals surface area contributed by atoms with Crippen LogP contribution < -0.4 is 16.0 Å². The van der Waals surface area contributed by atoms with Crippen molar-refractivity contribution in [2.45, 2.75) is 32.4 Å². The highest BCUT2D eigenvalue weighted by Gasteiger charge is 2.33. The van der Waals surface area contributed by atoms with Crippen LogP contribution in [0.25, 0.3) is 0 Å². The molecule has 0 aromatic carbocycles. The second-order valence-corrected chi connectivity index (χ2v) is 8.93. The van der Waals surface area contributed by atoms with Crippen LogP contribution in [-0.4, -0.2) is 57.9 Å². The van der Waals surface area contributed by atoms with Gasteiger partial charge in [-0.05, 0) is 17.9 Å². The highest BCUT2D eigenvalue weighted by atomic mass is 32.1. The summed E-state index contributed by atoms with van der Waals surface area (Å²) in [6.45, 7) is 1.62. The Morgan fingerprint density at radius 3 is 2.91 bits per heavy atom. The average molecular weight is 459 g/mol. The van der Waals surface area contributed by atoms with Gasteiger partial charge >= 0.3 is 0 Å². The first kappa shape index (κ1) is 22.0. The number of piperidine rings is 1. The fourth-order valence-corrected chi connectivity index (χ4v) is 4.79. The molecule has 4 amide bonds. The number of amides is 4. The van der Waals surface area contributed by atoms with Crippen LogP contribution in [0.2, 0.25) is 0 Å². The Hall–Kier alpha value is -3.21. The van der Waals surface area contributed by atoms with E-state index in [1.807, 2.05) is 7.05 Å². The zero-order valence-electron chi connectivity index (χ0n) is 17.8. The van der Waals surface area contributed by atoms with Gasteiger partial charge in [-0.3, -0.25) is 23.9 Å². The maximum absolute atomic E-state index is 12.9. The molecule has 0 spiro atoms.